The van der Waals surface area contributed by atoms with Crippen LogP contribution in [0, 0.1) is 0 Å². The number of hydrogen-bond acceptors (Lipinski definition) is 4. The highest BCUT2D eigenvalue weighted by atomic mass is 19.4. The largest absolute Gasteiger partial charge is 0.416 e. The first-order chi connectivity index (χ1) is 13.4. The highest BCUT2D eigenvalue weighted by molar-refractivity contribution is 5.93. The summed E-state index contributed by atoms with van der Waals surface area (Å²) < 4.78 is 45.3. The molecule has 0 bridgehead atoms. The van der Waals surface area contributed by atoms with Crippen molar-refractivity contribution < 1.29 is 22.7 Å². The standard InChI is InChI=1S/C19H15F3N4O2/c20-19(21,22)14-6-4-13(5-7-14)18(10-28-11-18)25-17(27)15-2-1-3-16(24-15)26-9-8-23-12-26/h1-9,12H,10-11H2,(H,25,27). The zero-order valence-corrected chi connectivity index (χ0v) is 14.5. The summed E-state index contributed by atoms with van der Waals surface area (Å²) in [4.78, 5) is 21.0. The molecule has 1 amide bonds. The Morgan fingerprint density at radius 2 is 1.89 bits per heavy atom. The molecule has 0 saturated carbocycles. The van der Waals surface area contributed by atoms with Gasteiger partial charge in [-0.3, -0.25) is 9.36 Å². The van der Waals surface area contributed by atoms with Gasteiger partial charge < -0.3 is 10.1 Å². The molecule has 1 aliphatic rings. The number of aromatic nitrogens is 3. The molecule has 0 spiro atoms. The number of halogens is 3. The Balaban J connectivity index is 1.57. The summed E-state index contributed by atoms with van der Waals surface area (Å²) in [5.41, 5.74) is -0.892. The number of benzene rings is 1. The van der Waals surface area contributed by atoms with Crippen LogP contribution in [0.15, 0.2) is 61.2 Å². The van der Waals surface area contributed by atoms with Crippen LogP contribution in [0.2, 0.25) is 0 Å². The normalized spacial score (nSPS) is 15.7. The fraction of sp³-hybridized carbons (Fsp3) is 0.211. The number of imidazole rings is 1. The lowest BCUT2D eigenvalue weighted by molar-refractivity contribution is -0.137. The Labute approximate surface area is 158 Å². The van der Waals surface area contributed by atoms with Crippen molar-refractivity contribution in [3.05, 3.63) is 78.0 Å². The Bertz CT molecular complexity index is 981. The van der Waals surface area contributed by atoms with Gasteiger partial charge in [-0.05, 0) is 29.8 Å². The minimum atomic E-state index is -4.41. The number of pyridine rings is 1. The quantitative estimate of drug-likeness (QED) is 0.746. The summed E-state index contributed by atoms with van der Waals surface area (Å²) in [5.74, 6) is 0.0868. The molecule has 0 aliphatic carbocycles. The second kappa shape index (κ2) is 6.75. The summed E-state index contributed by atoms with van der Waals surface area (Å²) in [6.07, 6.45) is 0.448. The van der Waals surface area contributed by atoms with E-state index in [1.54, 1.807) is 41.5 Å². The Hall–Kier alpha value is -3.20. The lowest BCUT2D eigenvalue weighted by Gasteiger charge is -2.42. The monoisotopic (exact) mass is 388 g/mol. The first-order valence-electron chi connectivity index (χ1n) is 8.41. The van der Waals surface area contributed by atoms with Gasteiger partial charge in [0.15, 0.2) is 0 Å². The van der Waals surface area contributed by atoms with Crippen LogP contribution in [0.4, 0.5) is 13.2 Å². The summed E-state index contributed by atoms with van der Waals surface area (Å²) in [5, 5.41) is 2.86. The average Bonchev–Trinajstić information content (AvgIpc) is 3.19. The molecule has 0 radical (unpaired) electrons. The average molecular weight is 388 g/mol. The Morgan fingerprint density at radius 1 is 1.14 bits per heavy atom. The van der Waals surface area contributed by atoms with Gasteiger partial charge in [-0.1, -0.05) is 18.2 Å². The lowest BCUT2D eigenvalue weighted by Crippen LogP contribution is -2.59. The van der Waals surface area contributed by atoms with Crippen LogP contribution in [0.5, 0.6) is 0 Å². The van der Waals surface area contributed by atoms with Gasteiger partial charge in [-0.15, -0.1) is 0 Å². The summed E-state index contributed by atoms with van der Waals surface area (Å²) >= 11 is 0. The van der Waals surface area contributed by atoms with Gasteiger partial charge in [0.2, 0.25) is 0 Å². The zero-order valence-electron chi connectivity index (χ0n) is 14.5. The predicted molar refractivity (Wildman–Crippen MR) is 92.8 cm³/mol. The van der Waals surface area contributed by atoms with E-state index in [2.05, 4.69) is 15.3 Å². The van der Waals surface area contributed by atoms with Crippen molar-refractivity contribution in [1.82, 2.24) is 19.9 Å². The van der Waals surface area contributed by atoms with Crippen molar-refractivity contribution in [3.63, 3.8) is 0 Å². The van der Waals surface area contributed by atoms with Gasteiger partial charge in [0, 0.05) is 12.4 Å². The van der Waals surface area contributed by atoms with E-state index in [1.165, 1.54) is 12.1 Å². The second-order valence-corrected chi connectivity index (χ2v) is 6.46. The SMILES string of the molecule is O=C(NC1(c2ccc(C(F)(F)F)cc2)COC1)c1cccc(-n2ccnc2)n1. The third-order valence-electron chi connectivity index (χ3n) is 4.55. The van der Waals surface area contributed by atoms with Gasteiger partial charge in [0.25, 0.3) is 5.91 Å². The van der Waals surface area contributed by atoms with Crippen molar-refractivity contribution in [1.29, 1.82) is 0 Å². The molecule has 2 aromatic heterocycles. The van der Waals surface area contributed by atoms with E-state index >= 15 is 0 Å². The van der Waals surface area contributed by atoms with Gasteiger partial charge in [-0.2, -0.15) is 13.2 Å². The molecule has 6 nitrogen and oxygen atoms in total. The van der Waals surface area contributed by atoms with Crippen molar-refractivity contribution in [2.24, 2.45) is 0 Å². The molecule has 3 heterocycles. The fourth-order valence-electron chi connectivity index (χ4n) is 2.96. The van der Waals surface area contributed by atoms with Crippen LogP contribution in [0.3, 0.4) is 0 Å². The molecule has 3 aromatic rings. The van der Waals surface area contributed by atoms with Crippen LogP contribution < -0.4 is 5.32 Å². The summed E-state index contributed by atoms with van der Waals surface area (Å²) in [7, 11) is 0. The molecule has 1 aliphatic heterocycles. The third-order valence-corrected chi connectivity index (χ3v) is 4.55. The zero-order chi connectivity index (χ0) is 19.8. The van der Waals surface area contributed by atoms with E-state index in [9.17, 15) is 18.0 Å². The molecule has 28 heavy (non-hydrogen) atoms. The van der Waals surface area contributed by atoms with E-state index in [-0.39, 0.29) is 18.9 Å². The lowest BCUT2D eigenvalue weighted by atomic mass is 9.87. The van der Waals surface area contributed by atoms with Gasteiger partial charge >= 0.3 is 6.18 Å². The molecule has 0 atom stereocenters. The number of alkyl halides is 3. The van der Waals surface area contributed by atoms with Crippen LogP contribution in [0.25, 0.3) is 5.82 Å². The van der Waals surface area contributed by atoms with Crippen molar-refractivity contribution in [3.8, 4) is 5.82 Å². The predicted octanol–water partition coefficient (Wildman–Crippen LogP) is 2.94. The maximum absolute atomic E-state index is 12.8. The molecule has 144 valence electrons. The highest BCUT2D eigenvalue weighted by Gasteiger charge is 2.42. The van der Waals surface area contributed by atoms with Crippen LogP contribution >= 0.6 is 0 Å². The topological polar surface area (TPSA) is 69.0 Å². The number of carbonyl (C=O) groups is 1. The number of nitrogens with one attached hydrogen (secondary N) is 1. The van der Waals surface area contributed by atoms with E-state index in [0.29, 0.717) is 11.4 Å². The summed E-state index contributed by atoms with van der Waals surface area (Å²) in [6, 6.07) is 9.71. The maximum atomic E-state index is 12.8. The van der Waals surface area contributed by atoms with Gasteiger partial charge in [0.05, 0.1) is 18.8 Å². The fourth-order valence-corrected chi connectivity index (χ4v) is 2.96. The first kappa shape index (κ1) is 18.2. The summed E-state index contributed by atoms with van der Waals surface area (Å²) in [6.45, 7) is 0.344. The number of ether oxygens (including phenoxy) is 1. The van der Waals surface area contributed by atoms with E-state index < -0.39 is 23.2 Å². The van der Waals surface area contributed by atoms with E-state index in [1.807, 2.05) is 0 Å². The van der Waals surface area contributed by atoms with Gasteiger partial charge in [-0.25, -0.2) is 9.97 Å². The highest BCUT2D eigenvalue weighted by Crippen LogP contribution is 2.34. The Kier molecular flexibility index (Phi) is 4.38. The molecular formula is C19H15F3N4O2. The van der Waals surface area contributed by atoms with E-state index in [0.717, 1.165) is 12.1 Å². The van der Waals surface area contributed by atoms with Crippen molar-refractivity contribution >= 4 is 5.91 Å². The molecule has 9 heteroatoms. The number of amides is 1. The van der Waals surface area contributed by atoms with Gasteiger partial charge in [0.1, 0.15) is 23.4 Å². The number of rotatable bonds is 4. The maximum Gasteiger partial charge on any atom is 0.416 e. The van der Waals surface area contributed by atoms with Crippen LogP contribution in [-0.4, -0.2) is 33.7 Å². The number of hydrogen-bond donors (Lipinski definition) is 1. The molecule has 1 saturated heterocycles. The smallest absolute Gasteiger partial charge is 0.376 e. The Morgan fingerprint density at radius 3 is 2.46 bits per heavy atom. The van der Waals surface area contributed by atoms with Crippen LogP contribution in [-0.2, 0) is 16.5 Å². The van der Waals surface area contributed by atoms with Crippen molar-refractivity contribution in [2.75, 3.05) is 13.2 Å². The minimum absolute atomic E-state index is 0.172. The third kappa shape index (κ3) is 3.36. The molecule has 4 rings (SSSR count). The first-order valence-corrected chi connectivity index (χ1v) is 8.41. The molecular weight excluding hydrogens is 373 g/mol. The van der Waals surface area contributed by atoms with Crippen LogP contribution in [0.1, 0.15) is 21.6 Å². The number of nitrogens with zero attached hydrogens (tertiary/aromatic N) is 3. The molecule has 1 aromatic carbocycles. The molecule has 1 fully saturated rings. The number of carbonyl (C=O) groups excluding carboxylic acids is 1. The molecule has 1 N–H and O–H groups in total. The van der Waals surface area contributed by atoms with E-state index in [4.69, 9.17) is 4.74 Å². The minimum Gasteiger partial charge on any atom is -0.376 e. The van der Waals surface area contributed by atoms with Crippen molar-refractivity contribution in [2.45, 2.75) is 11.7 Å². The molecule has 0 unspecified atom stereocenters. The second-order valence-electron chi connectivity index (χ2n) is 6.46.